The van der Waals surface area contributed by atoms with Gasteiger partial charge in [0.15, 0.2) is 11.5 Å². The van der Waals surface area contributed by atoms with Gasteiger partial charge in [-0.1, -0.05) is 6.07 Å². The lowest BCUT2D eigenvalue weighted by atomic mass is 10.1. The summed E-state index contributed by atoms with van der Waals surface area (Å²) in [6.45, 7) is 8.21. The van der Waals surface area contributed by atoms with Gasteiger partial charge >= 0.3 is 24.4 Å². The molecule has 1 amide bonds. The lowest BCUT2D eigenvalue weighted by Crippen LogP contribution is -2.44. The van der Waals surface area contributed by atoms with Crippen molar-refractivity contribution in [2.75, 3.05) is 13.2 Å². The minimum absolute atomic E-state index is 0.0491. The number of carboxylic acids is 1. The van der Waals surface area contributed by atoms with Gasteiger partial charge in [-0.2, -0.15) is 0 Å². The molecule has 1 aromatic carbocycles. The van der Waals surface area contributed by atoms with E-state index in [0.29, 0.717) is 5.56 Å². The Morgan fingerprint density at radius 2 is 1.52 bits per heavy atom. The predicted octanol–water partition coefficient (Wildman–Crippen LogP) is 3.28. The monoisotopic (exact) mass is 441 g/mol. The molecule has 2 N–H and O–H groups in total. The van der Waals surface area contributed by atoms with Crippen LogP contribution in [0, 0.1) is 0 Å². The molecule has 0 bridgehead atoms. The molecular formula is C20H27NO10. The van der Waals surface area contributed by atoms with Crippen molar-refractivity contribution in [3.63, 3.8) is 0 Å². The number of aliphatic carboxylic acids is 1. The van der Waals surface area contributed by atoms with Gasteiger partial charge in [0.1, 0.15) is 11.6 Å². The molecule has 11 heteroatoms. The highest BCUT2D eigenvalue weighted by Crippen LogP contribution is 2.30. The average Bonchev–Trinajstić information content (AvgIpc) is 2.62. The van der Waals surface area contributed by atoms with E-state index in [-0.39, 0.29) is 31.1 Å². The number of carboxylic acid groups (broad SMARTS) is 1. The van der Waals surface area contributed by atoms with Crippen LogP contribution in [0.1, 0.15) is 40.2 Å². The van der Waals surface area contributed by atoms with E-state index in [1.807, 2.05) is 0 Å². The van der Waals surface area contributed by atoms with Crippen molar-refractivity contribution in [1.82, 2.24) is 5.32 Å². The topological polar surface area (TPSA) is 147 Å². The smallest absolute Gasteiger partial charge is 0.480 e. The number of alkyl carbamates (subject to hydrolysis) is 1. The van der Waals surface area contributed by atoms with Gasteiger partial charge in [0.05, 0.1) is 13.2 Å². The fraction of sp³-hybridized carbons (Fsp3) is 0.500. The zero-order valence-corrected chi connectivity index (χ0v) is 18.1. The maximum absolute atomic E-state index is 11.9. The van der Waals surface area contributed by atoms with Gasteiger partial charge in [-0.25, -0.2) is 19.2 Å². The Balaban J connectivity index is 3.08. The second-order valence-electron chi connectivity index (χ2n) is 7.09. The Morgan fingerprint density at radius 1 is 0.968 bits per heavy atom. The summed E-state index contributed by atoms with van der Waals surface area (Å²) in [6, 6.07) is 2.70. The van der Waals surface area contributed by atoms with Crippen molar-refractivity contribution in [1.29, 1.82) is 0 Å². The number of ether oxygens (including phenoxy) is 5. The standard InChI is InChI=1S/C20H27NO10/c1-6-27-18(25)29-14-9-8-12(11-15(14)30-19(26)28-7-2)10-13(16(22)23)21-17(24)31-20(3,4)5/h8-9,11,13H,6-7,10H2,1-5H3,(H,21,24)(H,22,23)/t13-/m0/s1. The Labute approximate surface area is 179 Å². The van der Waals surface area contributed by atoms with Gasteiger partial charge in [-0.3, -0.25) is 0 Å². The molecule has 0 heterocycles. The van der Waals surface area contributed by atoms with E-state index in [9.17, 15) is 24.3 Å². The summed E-state index contributed by atoms with van der Waals surface area (Å²) in [4.78, 5) is 46.8. The summed E-state index contributed by atoms with van der Waals surface area (Å²) in [6.07, 6.45) is -3.13. The third-order valence-corrected chi connectivity index (χ3v) is 3.35. The molecule has 11 nitrogen and oxygen atoms in total. The van der Waals surface area contributed by atoms with E-state index in [1.165, 1.54) is 18.2 Å². The van der Waals surface area contributed by atoms with Gasteiger partial charge in [0.2, 0.25) is 0 Å². The Kier molecular flexibility index (Phi) is 9.58. The van der Waals surface area contributed by atoms with Gasteiger partial charge in [-0.15, -0.1) is 0 Å². The van der Waals surface area contributed by atoms with Crippen molar-refractivity contribution in [3.8, 4) is 11.5 Å². The molecule has 0 fully saturated rings. The molecule has 1 aromatic rings. The van der Waals surface area contributed by atoms with Crippen LogP contribution in [0.4, 0.5) is 14.4 Å². The van der Waals surface area contributed by atoms with Crippen LogP contribution < -0.4 is 14.8 Å². The number of carbonyl (C=O) groups is 4. The summed E-state index contributed by atoms with van der Waals surface area (Å²) >= 11 is 0. The van der Waals surface area contributed by atoms with Crippen molar-refractivity contribution >= 4 is 24.4 Å². The maximum Gasteiger partial charge on any atom is 0.513 e. The first-order valence-electron chi connectivity index (χ1n) is 9.49. The molecule has 31 heavy (non-hydrogen) atoms. The highest BCUT2D eigenvalue weighted by molar-refractivity contribution is 5.80. The van der Waals surface area contributed by atoms with Crippen LogP contribution in [0.15, 0.2) is 18.2 Å². The Bertz CT molecular complexity index is 800. The van der Waals surface area contributed by atoms with E-state index in [0.717, 1.165) is 0 Å². The quantitative estimate of drug-likeness (QED) is 0.350. The average molecular weight is 441 g/mol. The Hall–Kier alpha value is -3.50. The van der Waals surface area contributed by atoms with Crippen LogP contribution >= 0.6 is 0 Å². The summed E-state index contributed by atoms with van der Waals surface area (Å²) in [5.74, 6) is -1.63. The van der Waals surface area contributed by atoms with Crippen molar-refractivity contribution in [2.45, 2.75) is 52.7 Å². The van der Waals surface area contributed by atoms with E-state index in [1.54, 1.807) is 34.6 Å². The second-order valence-corrected chi connectivity index (χ2v) is 7.09. The van der Waals surface area contributed by atoms with Gasteiger partial charge in [0, 0.05) is 6.42 Å². The molecule has 0 aromatic heterocycles. The van der Waals surface area contributed by atoms with Gasteiger partial charge < -0.3 is 34.1 Å². The third kappa shape index (κ3) is 9.70. The minimum Gasteiger partial charge on any atom is -0.480 e. The lowest BCUT2D eigenvalue weighted by Gasteiger charge is -2.22. The molecule has 0 aliphatic rings. The predicted molar refractivity (Wildman–Crippen MR) is 106 cm³/mol. The molecule has 0 spiro atoms. The second kappa shape index (κ2) is 11.6. The first-order chi connectivity index (χ1) is 14.4. The molecule has 1 rings (SSSR count). The number of hydrogen-bond acceptors (Lipinski definition) is 9. The lowest BCUT2D eigenvalue weighted by molar-refractivity contribution is -0.139. The number of carbonyl (C=O) groups excluding carboxylic acids is 3. The number of nitrogens with one attached hydrogen (secondary N) is 1. The van der Waals surface area contributed by atoms with E-state index in [4.69, 9.17) is 23.7 Å². The van der Waals surface area contributed by atoms with Crippen molar-refractivity contribution < 1.29 is 48.0 Å². The zero-order chi connectivity index (χ0) is 23.6. The van der Waals surface area contributed by atoms with Gasteiger partial charge in [-0.05, 0) is 52.3 Å². The molecule has 0 saturated carbocycles. The zero-order valence-electron chi connectivity index (χ0n) is 18.1. The molecule has 0 aliphatic carbocycles. The van der Waals surface area contributed by atoms with E-state index in [2.05, 4.69) is 5.32 Å². The summed E-state index contributed by atoms with van der Waals surface area (Å²) in [5.41, 5.74) is -0.446. The molecule has 0 radical (unpaired) electrons. The molecule has 172 valence electrons. The van der Waals surface area contributed by atoms with Crippen LogP contribution in [-0.2, 0) is 25.4 Å². The van der Waals surface area contributed by atoms with E-state index < -0.39 is 36.0 Å². The first-order valence-corrected chi connectivity index (χ1v) is 9.49. The van der Waals surface area contributed by atoms with Crippen LogP contribution in [0.3, 0.4) is 0 Å². The fourth-order valence-corrected chi connectivity index (χ4v) is 2.20. The van der Waals surface area contributed by atoms with Gasteiger partial charge in [0.25, 0.3) is 0 Å². The highest BCUT2D eigenvalue weighted by Gasteiger charge is 2.25. The summed E-state index contributed by atoms with van der Waals surface area (Å²) in [7, 11) is 0. The molecule has 0 unspecified atom stereocenters. The summed E-state index contributed by atoms with van der Waals surface area (Å²) in [5, 5.41) is 11.7. The SMILES string of the molecule is CCOC(=O)Oc1ccc(C[C@H](NC(=O)OC(C)(C)C)C(=O)O)cc1OC(=O)OCC. The number of rotatable bonds is 8. The van der Waals surface area contributed by atoms with Crippen molar-refractivity contribution in [3.05, 3.63) is 23.8 Å². The van der Waals surface area contributed by atoms with Crippen LogP contribution in [-0.4, -0.2) is 54.3 Å². The highest BCUT2D eigenvalue weighted by atomic mass is 16.7. The van der Waals surface area contributed by atoms with Crippen LogP contribution in [0.2, 0.25) is 0 Å². The number of amides is 1. The minimum atomic E-state index is -1.33. The number of benzene rings is 1. The fourth-order valence-electron chi connectivity index (χ4n) is 2.20. The molecule has 1 atom stereocenters. The first kappa shape index (κ1) is 25.5. The van der Waals surface area contributed by atoms with Crippen LogP contribution in [0.25, 0.3) is 0 Å². The largest absolute Gasteiger partial charge is 0.513 e. The number of hydrogen-bond donors (Lipinski definition) is 2. The van der Waals surface area contributed by atoms with Crippen molar-refractivity contribution in [2.24, 2.45) is 0 Å². The third-order valence-electron chi connectivity index (χ3n) is 3.35. The van der Waals surface area contributed by atoms with Crippen LogP contribution in [0.5, 0.6) is 11.5 Å². The molecule has 0 saturated heterocycles. The van der Waals surface area contributed by atoms with E-state index >= 15 is 0 Å². The molecule has 0 aliphatic heterocycles. The summed E-state index contributed by atoms with van der Waals surface area (Å²) < 4.78 is 24.5. The Morgan fingerprint density at radius 3 is 2.00 bits per heavy atom. The normalized spacial score (nSPS) is 11.6. The molecular weight excluding hydrogens is 414 g/mol. The maximum atomic E-state index is 11.9.